The number of benzene rings is 1. The summed E-state index contributed by atoms with van der Waals surface area (Å²) in [4.78, 5) is 9.94. The fraction of sp³-hybridized carbons (Fsp3) is 0.550. The molecule has 0 saturated carbocycles. The standard InChI is InChI=1S/C20H30FN5O.HI/c1-22-20(25-14-17-4-3-9-26(17)10-11-27-2)23-8-7-15-13-24-19-12-16(21)5-6-18(15)19;/h5-6,12-13,17,24H,3-4,7-11,14H2,1-2H3,(H2,22,23,25);1H. The molecule has 0 bridgehead atoms. The Bertz CT molecular complexity index is 766. The molecule has 0 aliphatic carbocycles. The van der Waals surface area contributed by atoms with Crippen LogP contribution in [0.25, 0.3) is 10.9 Å². The molecule has 1 aromatic heterocycles. The van der Waals surface area contributed by atoms with Crippen LogP contribution in [0.2, 0.25) is 0 Å². The molecular weight excluding hydrogens is 472 g/mol. The van der Waals surface area contributed by atoms with Crippen LogP contribution < -0.4 is 10.6 Å². The lowest BCUT2D eigenvalue weighted by Gasteiger charge is -2.25. The van der Waals surface area contributed by atoms with Gasteiger partial charge >= 0.3 is 0 Å². The Morgan fingerprint density at radius 3 is 3.04 bits per heavy atom. The van der Waals surface area contributed by atoms with Crippen molar-refractivity contribution < 1.29 is 9.13 Å². The zero-order chi connectivity index (χ0) is 19.1. The van der Waals surface area contributed by atoms with E-state index in [1.165, 1.54) is 30.5 Å². The minimum Gasteiger partial charge on any atom is -0.383 e. The van der Waals surface area contributed by atoms with Gasteiger partial charge in [0.25, 0.3) is 0 Å². The summed E-state index contributed by atoms with van der Waals surface area (Å²) in [7, 11) is 3.54. The van der Waals surface area contributed by atoms with Crippen LogP contribution in [0.1, 0.15) is 18.4 Å². The normalized spacial score (nSPS) is 17.7. The Hall–Kier alpha value is -1.39. The van der Waals surface area contributed by atoms with Crippen LogP contribution in [0.15, 0.2) is 29.4 Å². The van der Waals surface area contributed by atoms with Crippen molar-refractivity contribution in [2.45, 2.75) is 25.3 Å². The van der Waals surface area contributed by atoms with Gasteiger partial charge in [-0.15, -0.1) is 24.0 Å². The van der Waals surface area contributed by atoms with E-state index in [0.717, 1.165) is 56.1 Å². The quantitative estimate of drug-likeness (QED) is 0.295. The number of rotatable bonds is 8. The number of halogens is 2. The Kier molecular flexibility index (Phi) is 9.46. The largest absolute Gasteiger partial charge is 0.383 e. The molecule has 1 saturated heterocycles. The predicted octanol–water partition coefficient (Wildman–Crippen LogP) is 2.74. The van der Waals surface area contributed by atoms with Gasteiger partial charge in [0.2, 0.25) is 0 Å². The minimum absolute atomic E-state index is 0. The van der Waals surface area contributed by atoms with Gasteiger partial charge in [0, 0.05) is 56.9 Å². The molecule has 3 rings (SSSR count). The first-order valence-corrected chi connectivity index (χ1v) is 9.64. The SMILES string of the molecule is CN=C(NCCc1c[nH]c2cc(F)ccc12)NCC1CCCN1CCOC.I. The van der Waals surface area contributed by atoms with Gasteiger partial charge in [0.15, 0.2) is 5.96 Å². The second-order valence-corrected chi connectivity index (χ2v) is 6.96. The number of aliphatic imine (C=N–C) groups is 1. The van der Waals surface area contributed by atoms with Crippen molar-refractivity contribution in [3.8, 4) is 0 Å². The Morgan fingerprint density at radius 2 is 2.25 bits per heavy atom. The first-order valence-electron chi connectivity index (χ1n) is 9.64. The molecule has 28 heavy (non-hydrogen) atoms. The van der Waals surface area contributed by atoms with E-state index < -0.39 is 0 Å². The van der Waals surface area contributed by atoms with Gasteiger partial charge in [-0.2, -0.15) is 0 Å². The number of fused-ring (bicyclic) bond motifs is 1. The Balaban J connectivity index is 0.00000280. The highest BCUT2D eigenvalue weighted by molar-refractivity contribution is 14.0. The van der Waals surface area contributed by atoms with E-state index in [-0.39, 0.29) is 29.8 Å². The van der Waals surface area contributed by atoms with Crippen molar-refractivity contribution >= 4 is 40.8 Å². The molecule has 1 aliphatic rings. The molecule has 1 atom stereocenters. The summed E-state index contributed by atoms with van der Waals surface area (Å²) in [6, 6.07) is 5.40. The van der Waals surface area contributed by atoms with E-state index in [0.29, 0.717) is 6.04 Å². The monoisotopic (exact) mass is 503 g/mol. The second kappa shape index (κ2) is 11.6. The summed E-state index contributed by atoms with van der Waals surface area (Å²) in [5.41, 5.74) is 2.01. The summed E-state index contributed by atoms with van der Waals surface area (Å²) >= 11 is 0. The lowest BCUT2D eigenvalue weighted by Crippen LogP contribution is -2.45. The molecular formula is C20H31FIN5O. The Morgan fingerprint density at radius 1 is 1.39 bits per heavy atom. The fourth-order valence-corrected chi connectivity index (χ4v) is 3.75. The molecule has 2 aromatic rings. The molecule has 3 N–H and O–H groups in total. The van der Waals surface area contributed by atoms with Gasteiger partial charge in [-0.25, -0.2) is 4.39 Å². The molecule has 0 radical (unpaired) electrons. The zero-order valence-electron chi connectivity index (χ0n) is 16.6. The maximum atomic E-state index is 13.3. The van der Waals surface area contributed by atoms with E-state index >= 15 is 0 Å². The van der Waals surface area contributed by atoms with Crippen LogP contribution in [-0.4, -0.2) is 68.8 Å². The third kappa shape index (κ3) is 6.05. The number of guanidine groups is 1. The number of nitrogens with zero attached hydrogens (tertiary/aromatic N) is 2. The first kappa shape index (κ1) is 22.9. The van der Waals surface area contributed by atoms with E-state index in [1.54, 1.807) is 14.2 Å². The van der Waals surface area contributed by atoms with Crippen LogP contribution in [0.4, 0.5) is 4.39 Å². The number of hydrogen-bond acceptors (Lipinski definition) is 3. The average Bonchev–Trinajstić information content (AvgIpc) is 3.29. The van der Waals surface area contributed by atoms with Crippen LogP contribution in [0.3, 0.4) is 0 Å². The summed E-state index contributed by atoms with van der Waals surface area (Å²) < 4.78 is 18.5. The lowest BCUT2D eigenvalue weighted by molar-refractivity contribution is 0.141. The third-order valence-electron chi connectivity index (χ3n) is 5.23. The lowest BCUT2D eigenvalue weighted by atomic mass is 10.1. The van der Waals surface area contributed by atoms with Crippen molar-refractivity contribution in [2.75, 3.05) is 46.9 Å². The molecule has 0 amide bonds. The van der Waals surface area contributed by atoms with Gasteiger partial charge in [0.05, 0.1) is 6.61 Å². The average molecular weight is 503 g/mol. The van der Waals surface area contributed by atoms with Gasteiger partial charge < -0.3 is 20.4 Å². The number of aromatic amines is 1. The maximum absolute atomic E-state index is 13.3. The van der Waals surface area contributed by atoms with Crippen molar-refractivity contribution in [3.05, 3.63) is 35.8 Å². The van der Waals surface area contributed by atoms with E-state index in [2.05, 4.69) is 25.5 Å². The topological polar surface area (TPSA) is 64.7 Å². The van der Waals surface area contributed by atoms with E-state index in [4.69, 9.17) is 4.74 Å². The Labute approximate surface area is 183 Å². The molecule has 6 nitrogen and oxygen atoms in total. The van der Waals surface area contributed by atoms with Crippen LogP contribution in [-0.2, 0) is 11.2 Å². The van der Waals surface area contributed by atoms with Gasteiger partial charge in [-0.1, -0.05) is 0 Å². The van der Waals surface area contributed by atoms with Gasteiger partial charge in [-0.3, -0.25) is 9.89 Å². The molecule has 2 heterocycles. The summed E-state index contributed by atoms with van der Waals surface area (Å²) in [5, 5.41) is 7.89. The summed E-state index contributed by atoms with van der Waals surface area (Å²) in [6.45, 7) is 4.55. The second-order valence-electron chi connectivity index (χ2n) is 6.96. The molecule has 1 aliphatic heterocycles. The molecule has 1 fully saturated rings. The first-order chi connectivity index (χ1) is 13.2. The zero-order valence-corrected chi connectivity index (χ0v) is 19.0. The van der Waals surface area contributed by atoms with Gasteiger partial charge in [-0.05, 0) is 49.6 Å². The molecule has 1 unspecified atom stereocenters. The maximum Gasteiger partial charge on any atom is 0.191 e. The number of hydrogen-bond donors (Lipinski definition) is 3. The van der Waals surface area contributed by atoms with E-state index in [9.17, 15) is 4.39 Å². The van der Waals surface area contributed by atoms with Crippen molar-refractivity contribution in [1.82, 2.24) is 20.5 Å². The van der Waals surface area contributed by atoms with Gasteiger partial charge in [0.1, 0.15) is 5.82 Å². The number of ether oxygens (including phenoxy) is 1. The minimum atomic E-state index is -0.218. The fourth-order valence-electron chi connectivity index (χ4n) is 3.75. The number of H-pyrrole nitrogens is 1. The van der Waals surface area contributed by atoms with Crippen molar-refractivity contribution in [2.24, 2.45) is 4.99 Å². The van der Waals surface area contributed by atoms with E-state index in [1.807, 2.05) is 12.3 Å². The smallest absolute Gasteiger partial charge is 0.191 e. The number of nitrogens with one attached hydrogen (secondary N) is 3. The van der Waals surface area contributed by atoms with Crippen LogP contribution in [0, 0.1) is 5.82 Å². The van der Waals surface area contributed by atoms with Crippen LogP contribution in [0.5, 0.6) is 0 Å². The van der Waals surface area contributed by atoms with Crippen LogP contribution >= 0.6 is 24.0 Å². The third-order valence-corrected chi connectivity index (χ3v) is 5.23. The summed E-state index contributed by atoms with van der Waals surface area (Å²) in [5.74, 6) is 0.601. The molecule has 8 heteroatoms. The molecule has 156 valence electrons. The highest BCUT2D eigenvalue weighted by atomic mass is 127. The number of methoxy groups -OCH3 is 1. The number of likely N-dealkylation sites (tertiary alicyclic amines) is 1. The van der Waals surface area contributed by atoms with Crippen molar-refractivity contribution in [3.63, 3.8) is 0 Å². The molecule has 1 aromatic carbocycles. The highest BCUT2D eigenvalue weighted by Gasteiger charge is 2.23. The molecule has 0 spiro atoms. The highest BCUT2D eigenvalue weighted by Crippen LogP contribution is 2.19. The predicted molar refractivity (Wildman–Crippen MR) is 123 cm³/mol. The van der Waals surface area contributed by atoms with Crippen molar-refractivity contribution in [1.29, 1.82) is 0 Å². The summed E-state index contributed by atoms with van der Waals surface area (Å²) in [6.07, 6.45) is 5.24. The number of aromatic nitrogens is 1.